The Morgan fingerprint density at radius 1 is 1.24 bits per heavy atom. The number of carbonyl (C=O) groups excluding carboxylic acids is 2. The third-order valence-corrected chi connectivity index (χ3v) is 4.03. The van der Waals surface area contributed by atoms with Gasteiger partial charge in [-0.05, 0) is 18.6 Å². The molecule has 0 saturated carbocycles. The van der Waals surface area contributed by atoms with Crippen molar-refractivity contribution in [3.8, 4) is 0 Å². The zero-order valence-corrected chi connectivity index (χ0v) is 11.3. The first kappa shape index (κ1) is 13.7. The van der Waals surface area contributed by atoms with Crippen LogP contribution in [0.2, 0.25) is 0 Å². The van der Waals surface area contributed by atoms with E-state index < -0.39 is 11.5 Å². The molecule has 3 rings (SSSR count). The molecule has 1 atom stereocenters. The van der Waals surface area contributed by atoms with Crippen LogP contribution in [0.4, 0.5) is 0 Å². The highest BCUT2D eigenvalue weighted by atomic mass is 16.4. The lowest BCUT2D eigenvalue weighted by molar-refractivity contribution is -0.142. The first-order valence-electron chi connectivity index (χ1n) is 6.62. The van der Waals surface area contributed by atoms with Gasteiger partial charge in [-0.15, -0.1) is 0 Å². The van der Waals surface area contributed by atoms with Gasteiger partial charge in [0.2, 0.25) is 0 Å². The molecule has 1 aromatic carbocycles. The van der Waals surface area contributed by atoms with Gasteiger partial charge in [-0.1, -0.05) is 12.1 Å². The lowest BCUT2D eigenvalue weighted by Gasteiger charge is -2.24. The van der Waals surface area contributed by atoms with Gasteiger partial charge in [0, 0.05) is 13.1 Å². The van der Waals surface area contributed by atoms with Crippen LogP contribution in [-0.4, -0.2) is 58.0 Å². The molecule has 1 saturated heterocycles. The number of hydrogen-bond donors (Lipinski definition) is 2. The maximum absolute atomic E-state index is 12.2. The molecule has 0 spiro atoms. The number of benzene rings is 1. The lowest BCUT2D eigenvalue weighted by atomic mass is 10.0. The second-order valence-electron chi connectivity index (χ2n) is 5.49. The number of aliphatic carboxylic acids is 1. The van der Waals surface area contributed by atoms with E-state index in [2.05, 4.69) is 0 Å². The van der Waals surface area contributed by atoms with E-state index in [4.69, 9.17) is 10.8 Å². The Labute approximate surface area is 120 Å². The number of fused-ring (bicyclic) bond motifs is 1. The Kier molecular flexibility index (Phi) is 3.03. The Morgan fingerprint density at radius 3 is 2.29 bits per heavy atom. The van der Waals surface area contributed by atoms with Crippen molar-refractivity contribution in [3.05, 3.63) is 35.4 Å². The lowest BCUT2D eigenvalue weighted by Crippen LogP contribution is -2.51. The fourth-order valence-corrected chi connectivity index (χ4v) is 2.78. The second kappa shape index (κ2) is 4.64. The van der Waals surface area contributed by atoms with Crippen molar-refractivity contribution in [2.24, 2.45) is 5.73 Å². The number of hydrogen-bond acceptors (Lipinski definition) is 5. The van der Waals surface area contributed by atoms with Gasteiger partial charge in [0.25, 0.3) is 11.8 Å². The molecule has 0 bridgehead atoms. The van der Waals surface area contributed by atoms with E-state index in [-0.39, 0.29) is 25.0 Å². The van der Waals surface area contributed by atoms with Crippen LogP contribution in [0.25, 0.3) is 0 Å². The summed E-state index contributed by atoms with van der Waals surface area (Å²) < 4.78 is 0. The molecule has 7 nitrogen and oxygen atoms in total. The van der Waals surface area contributed by atoms with Gasteiger partial charge in [-0.25, -0.2) is 0 Å². The van der Waals surface area contributed by atoms with E-state index in [1.54, 1.807) is 29.2 Å². The normalized spacial score (nSPS) is 25.5. The van der Waals surface area contributed by atoms with Gasteiger partial charge in [-0.2, -0.15) is 0 Å². The Bertz CT molecular complexity index is 610. The average Bonchev–Trinajstić information content (AvgIpc) is 2.95. The molecule has 3 N–H and O–H groups in total. The molecule has 110 valence electrons. The third-order valence-electron chi connectivity index (χ3n) is 4.03. The van der Waals surface area contributed by atoms with Crippen LogP contribution >= 0.6 is 0 Å². The van der Waals surface area contributed by atoms with Crippen LogP contribution < -0.4 is 5.73 Å². The minimum atomic E-state index is -1.31. The van der Waals surface area contributed by atoms with Gasteiger partial charge in [0.05, 0.1) is 17.8 Å². The van der Waals surface area contributed by atoms with Crippen molar-refractivity contribution >= 4 is 17.8 Å². The monoisotopic (exact) mass is 289 g/mol. The molecular weight excluding hydrogens is 274 g/mol. The highest BCUT2D eigenvalue weighted by Gasteiger charge is 2.43. The van der Waals surface area contributed by atoms with Gasteiger partial charge in [0.1, 0.15) is 5.54 Å². The van der Waals surface area contributed by atoms with E-state index in [1.165, 1.54) is 0 Å². The summed E-state index contributed by atoms with van der Waals surface area (Å²) in [4.78, 5) is 38.4. The summed E-state index contributed by atoms with van der Waals surface area (Å²) in [5.74, 6) is -1.76. The average molecular weight is 289 g/mol. The summed E-state index contributed by atoms with van der Waals surface area (Å²) in [6.45, 7) is 0.629. The molecule has 2 aliphatic rings. The van der Waals surface area contributed by atoms with E-state index in [1.807, 2.05) is 0 Å². The van der Waals surface area contributed by atoms with Crippen LogP contribution in [0, 0.1) is 0 Å². The molecule has 1 fully saturated rings. The molecule has 7 heteroatoms. The number of carboxylic acid groups (broad SMARTS) is 1. The second-order valence-corrected chi connectivity index (χ2v) is 5.49. The molecule has 2 heterocycles. The largest absolute Gasteiger partial charge is 0.480 e. The predicted octanol–water partition coefficient (Wildman–Crippen LogP) is -0.272. The van der Waals surface area contributed by atoms with Crippen LogP contribution in [0.15, 0.2) is 24.3 Å². The van der Waals surface area contributed by atoms with Crippen LogP contribution in [0.5, 0.6) is 0 Å². The topological polar surface area (TPSA) is 104 Å². The maximum atomic E-state index is 12.2. The van der Waals surface area contributed by atoms with Gasteiger partial charge in [0.15, 0.2) is 0 Å². The zero-order chi connectivity index (χ0) is 15.2. The number of likely N-dealkylation sites (tertiary alicyclic amines) is 1. The SMILES string of the molecule is NC1(C(=O)O)CCN(CN2C(=O)c3ccccc3C2=O)C1. The fraction of sp³-hybridized carbons (Fsp3) is 0.357. The molecule has 0 radical (unpaired) electrons. The van der Waals surface area contributed by atoms with Crippen molar-refractivity contribution in [1.29, 1.82) is 0 Å². The predicted molar refractivity (Wildman–Crippen MR) is 72.6 cm³/mol. The number of imide groups is 1. The fourth-order valence-electron chi connectivity index (χ4n) is 2.78. The minimum Gasteiger partial charge on any atom is -0.480 e. The summed E-state index contributed by atoms with van der Waals surface area (Å²) in [6.07, 6.45) is 0.297. The number of carboxylic acids is 1. The van der Waals surface area contributed by atoms with Gasteiger partial charge >= 0.3 is 5.97 Å². The summed E-state index contributed by atoms with van der Waals surface area (Å²) >= 11 is 0. The Hall–Kier alpha value is -2.25. The number of carbonyl (C=O) groups is 3. The van der Waals surface area contributed by atoms with Crippen molar-refractivity contribution in [3.63, 3.8) is 0 Å². The quantitative estimate of drug-likeness (QED) is 0.742. The standard InChI is InChI=1S/C14H15N3O4/c15-14(13(20)21)5-6-16(7-14)8-17-11(18)9-3-1-2-4-10(9)12(17)19/h1-4H,5-8,15H2,(H,20,21). The summed E-state index contributed by atoms with van der Waals surface area (Å²) in [5, 5.41) is 9.10. The number of nitrogens with zero attached hydrogens (tertiary/aromatic N) is 2. The van der Waals surface area contributed by atoms with E-state index in [0.29, 0.717) is 24.1 Å². The highest BCUT2D eigenvalue weighted by molar-refractivity contribution is 6.21. The first-order valence-corrected chi connectivity index (χ1v) is 6.62. The van der Waals surface area contributed by atoms with Crippen LogP contribution in [0.3, 0.4) is 0 Å². The zero-order valence-electron chi connectivity index (χ0n) is 11.3. The molecule has 0 aliphatic carbocycles. The number of nitrogens with two attached hydrogens (primary N) is 1. The summed E-state index contributed by atoms with van der Waals surface area (Å²) in [6, 6.07) is 6.64. The van der Waals surface area contributed by atoms with Crippen LogP contribution in [0.1, 0.15) is 27.1 Å². The van der Waals surface area contributed by atoms with Crippen LogP contribution in [-0.2, 0) is 4.79 Å². The summed E-state index contributed by atoms with van der Waals surface area (Å²) in [7, 11) is 0. The van der Waals surface area contributed by atoms with Crippen molar-refractivity contribution in [2.75, 3.05) is 19.8 Å². The van der Waals surface area contributed by atoms with E-state index in [9.17, 15) is 14.4 Å². The molecule has 0 aromatic heterocycles. The molecular formula is C14H15N3O4. The first-order chi connectivity index (χ1) is 9.92. The minimum absolute atomic E-state index is 0.0680. The van der Waals surface area contributed by atoms with E-state index in [0.717, 1.165) is 4.90 Å². The molecule has 2 amide bonds. The van der Waals surface area contributed by atoms with Gasteiger partial charge in [-0.3, -0.25) is 24.2 Å². The third kappa shape index (κ3) is 2.10. The maximum Gasteiger partial charge on any atom is 0.325 e. The smallest absolute Gasteiger partial charge is 0.325 e. The van der Waals surface area contributed by atoms with Gasteiger partial charge < -0.3 is 10.8 Å². The van der Waals surface area contributed by atoms with E-state index >= 15 is 0 Å². The Morgan fingerprint density at radius 2 is 1.81 bits per heavy atom. The number of rotatable bonds is 3. The molecule has 21 heavy (non-hydrogen) atoms. The summed E-state index contributed by atoms with van der Waals surface area (Å²) in [5.41, 5.74) is 5.26. The van der Waals surface area contributed by atoms with Crippen molar-refractivity contribution < 1.29 is 19.5 Å². The molecule has 1 aromatic rings. The van der Waals surface area contributed by atoms with Crippen molar-refractivity contribution in [2.45, 2.75) is 12.0 Å². The highest BCUT2D eigenvalue weighted by Crippen LogP contribution is 2.25. The molecule has 1 unspecified atom stereocenters. The molecule has 2 aliphatic heterocycles. The Balaban J connectivity index is 1.75. The number of amides is 2. The van der Waals surface area contributed by atoms with Crippen molar-refractivity contribution in [1.82, 2.24) is 9.80 Å².